The molecule has 6 rings (SSSR count). The van der Waals surface area contributed by atoms with E-state index in [-0.39, 0.29) is 37.1 Å². The Hall–Kier alpha value is -4.33. The van der Waals surface area contributed by atoms with E-state index in [0.29, 0.717) is 44.8 Å². The van der Waals surface area contributed by atoms with Crippen molar-refractivity contribution in [3.05, 3.63) is 58.2 Å². The fourth-order valence-electron chi connectivity index (χ4n) is 7.78. The summed E-state index contributed by atoms with van der Waals surface area (Å²) in [4.78, 5) is 52.8. The number of carbonyl (C=O) groups is 3. The normalized spacial score (nSPS) is 24.4. The molecule has 290 valence electrons. The summed E-state index contributed by atoms with van der Waals surface area (Å²) in [6.07, 6.45) is 5.30. The number of carbonyl (C=O) groups excluding carboxylic acids is 3. The van der Waals surface area contributed by atoms with Crippen molar-refractivity contribution < 1.29 is 23.9 Å². The number of methoxy groups -OCH3 is 1. The summed E-state index contributed by atoms with van der Waals surface area (Å²) in [5, 5.41) is 8.30. The molecule has 0 spiro atoms. The number of rotatable bonds is 7. The number of allylic oxidation sites excluding steroid dienone is 2. The number of ether oxygens (including phenoxy) is 2. The molecule has 2 fully saturated rings. The molecule has 5 heterocycles. The van der Waals surface area contributed by atoms with Crippen molar-refractivity contribution in [1.82, 2.24) is 30.2 Å². The Morgan fingerprint density at radius 2 is 2.07 bits per heavy atom. The van der Waals surface area contributed by atoms with E-state index >= 15 is 0 Å². The van der Waals surface area contributed by atoms with Crippen molar-refractivity contribution in [3.63, 3.8) is 0 Å². The molecular formula is C41H55N7O5S. The van der Waals surface area contributed by atoms with Gasteiger partial charge in [0, 0.05) is 78.3 Å². The monoisotopic (exact) mass is 757 g/mol. The molecule has 3 aliphatic rings. The fourth-order valence-corrected chi connectivity index (χ4v) is 8.63. The highest BCUT2D eigenvalue weighted by Gasteiger charge is 2.39. The van der Waals surface area contributed by atoms with Crippen LogP contribution in [0.5, 0.6) is 0 Å². The first kappa shape index (κ1) is 39.4. The second-order valence-electron chi connectivity index (χ2n) is 15.5. The highest BCUT2D eigenvalue weighted by Crippen LogP contribution is 2.40. The van der Waals surface area contributed by atoms with Crippen LogP contribution in [0.15, 0.2) is 46.9 Å². The number of fused-ring (bicyclic) bond motifs is 6. The van der Waals surface area contributed by atoms with Crippen LogP contribution < -0.4 is 10.7 Å². The van der Waals surface area contributed by atoms with Crippen molar-refractivity contribution in [3.8, 4) is 11.3 Å². The van der Waals surface area contributed by atoms with Crippen molar-refractivity contribution in [2.75, 3.05) is 26.8 Å². The second kappa shape index (κ2) is 16.2. The largest absolute Gasteiger partial charge is 0.464 e. The van der Waals surface area contributed by atoms with E-state index in [1.165, 1.54) is 16.3 Å². The number of thiazole rings is 1. The minimum Gasteiger partial charge on any atom is -0.464 e. The maximum atomic E-state index is 14.1. The van der Waals surface area contributed by atoms with Gasteiger partial charge in [0.25, 0.3) is 5.91 Å². The van der Waals surface area contributed by atoms with Gasteiger partial charge in [-0.05, 0) is 70.6 Å². The number of nitrogens with zero attached hydrogens (tertiary/aromatic N) is 5. The number of hydrazine groups is 1. The number of aliphatic imine (C=N–C) groups is 1. The molecule has 0 unspecified atom stereocenters. The Morgan fingerprint density at radius 3 is 2.74 bits per heavy atom. The van der Waals surface area contributed by atoms with Gasteiger partial charge in [-0.15, -0.1) is 11.3 Å². The van der Waals surface area contributed by atoms with Gasteiger partial charge in [-0.1, -0.05) is 39.5 Å². The summed E-state index contributed by atoms with van der Waals surface area (Å²) < 4.78 is 14.2. The number of esters is 1. The van der Waals surface area contributed by atoms with Crippen LogP contribution in [0.3, 0.4) is 0 Å². The summed E-state index contributed by atoms with van der Waals surface area (Å²) >= 11 is 1.47. The van der Waals surface area contributed by atoms with E-state index in [0.717, 1.165) is 49.7 Å². The van der Waals surface area contributed by atoms with E-state index in [2.05, 4.69) is 67.8 Å². The van der Waals surface area contributed by atoms with Gasteiger partial charge >= 0.3 is 12.0 Å². The van der Waals surface area contributed by atoms with Gasteiger partial charge in [0.05, 0.1) is 34.8 Å². The standard InChI is InChI=1S/C41H55N7O5S/c1-10-28(36(42-11-2)26(6)52-9)37-30-20-41(7,8)23-53-39(50)31-14-13-17-48(45-31)38(49)32(44-40(51)47-21-24(4)25(47)5)19-35-43-33(22-54-35)27-15-16-34(29(30)18-27)46(37)12-3/h10-11,15-16,18,22,24-26,31-32,45H,1,12-14,17,19-21,23H2,2-9H3,(H,44,51)/b36-28+,42-11-/t24-,25-,26+,31+,32+/m1/s1. The number of aryl methyl sites for hydroxylation is 1. The molecule has 6 bridgehead atoms. The molecule has 3 amide bonds. The van der Waals surface area contributed by atoms with Crippen LogP contribution in [0.4, 0.5) is 4.79 Å². The number of amides is 3. The summed E-state index contributed by atoms with van der Waals surface area (Å²) in [5.74, 6) is -0.323. The summed E-state index contributed by atoms with van der Waals surface area (Å²) in [7, 11) is 1.68. The minimum atomic E-state index is -0.881. The lowest BCUT2D eigenvalue weighted by molar-refractivity contribution is -0.155. The lowest BCUT2D eigenvalue weighted by Gasteiger charge is -2.45. The number of benzene rings is 1. The molecule has 3 aliphatic heterocycles. The van der Waals surface area contributed by atoms with E-state index in [1.807, 2.05) is 32.2 Å². The Kier molecular flexibility index (Phi) is 11.8. The molecule has 13 heteroatoms. The molecule has 2 saturated heterocycles. The smallest absolute Gasteiger partial charge is 0.324 e. The molecule has 0 aliphatic carbocycles. The predicted molar refractivity (Wildman–Crippen MR) is 214 cm³/mol. The van der Waals surface area contributed by atoms with E-state index in [9.17, 15) is 14.4 Å². The van der Waals surface area contributed by atoms with Gasteiger partial charge in [-0.3, -0.25) is 19.6 Å². The highest BCUT2D eigenvalue weighted by molar-refractivity contribution is 7.10. The van der Waals surface area contributed by atoms with Crippen LogP contribution in [0, 0.1) is 11.3 Å². The number of hydrogen-bond donors (Lipinski definition) is 2. The Balaban J connectivity index is 1.49. The zero-order valence-corrected chi connectivity index (χ0v) is 33.7. The first-order valence-electron chi connectivity index (χ1n) is 19.1. The number of aromatic nitrogens is 2. The van der Waals surface area contributed by atoms with Gasteiger partial charge in [0.2, 0.25) is 0 Å². The van der Waals surface area contributed by atoms with Gasteiger partial charge < -0.3 is 24.3 Å². The van der Waals surface area contributed by atoms with Gasteiger partial charge in [0.15, 0.2) is 0 Å². The third kappa shape index (κ3) is 7.76. The molecule has 0 radical (unpaired) electrons. The maximum Gasteiger partial charge on any atom is 0.324 e. The van der Waals surface area contributed by atoms with E-state index in [1.54, 1.807) is 18.2 Å². The topological polar surface area (TPSA) is 130 Å². The SMILES string of the molecule is C=C/C(=C(\N=C/C)[C@H](C)OC)c1c2c3cc(ccc3n1CC)-c1csc(n1)C[C@H](NC(=O)N1C[C@@H](C)[C@H]1C)C(=O)N1CCC[C@H](N1)C(=O)OCC(C)(C)C2. The third-order valence-corrected chi connectivity index (χ3v) is 12.0. The maximum absolute atomic E-state index is 14.1. The summed E-state index contributed by atoms with van der Waals surface area (Å²) in [6, 6.07) is 4.63. The van der Waals surface area contributed by atoms with Crippen LogP contribution in [0.25, 0.3) is 27.7 Å². The van der Waals surface area contributed by atoms with Crippen molar-refractivity contribution in [1.29, 1.82) is 0 Å². The van der Waals surface area contributed by atoms with E-state index < -0.39 is 23.5 Å². The average molecular weight is 758 g/mol. The van der Waals surface area contributed by atoms with Gasteiger partial charge in [-0.25, -0.2) is 15.2 Å². The lowest BCUT2D eigenvalue weighted by Crippen LogP contribution is -2.64. The first-order valence-corrected chi connectivity index (χ1v) is 20.0. The second-order valence-corrected chi connectivity index (χ2v) is 16.5. The molecular weight excluding hydrogens is 703 g/mol. The molecule has 2 aromatic heterocycles. The number of urea groups is 1. The molecule has 3 aromatic rings. The quantitative estimate of drug-likeness (QED) is 0.162. The number of nitrogens with one attached hydrogen (secondary N) is 2. The third-order valence-electron chi connectivity index (χ3n) is 11.1. The van der Waals surface area contributed by atoms with Crippen molar-refractivity contribution in [2.45, 2.75) is 105 Å². The van der Waals surface area contributed by atoms with Crippen LogP contribution >= 0.6 is 11.3 Å². The van der Waals surface area contributed by atoms with Gasteiger partial charge in [0.1, 0.15) is 12.1 Å². The molecule has 1 aromatic carbocycles. The molecule has 54 heavy (non-hydrogen) atoms. The lowest BCUT2D eigenvalue weighted by atomic mass is 9.84. The molecule has 0 saturated carbocycles. The molecule has 5 atom stereocenters. The Morgan fingerprint density at radius 1 is 1.30 bits per heavy atom. The zero-order valence-electron chi connectivity index (χ0n) is 32.9. The fraction of sp³-hybridized carbons (Fsp3) is 0.537. The highest BCUT2D eigenvalue weighted by atomic mass is 32.1. The first-order chi connectivity index (χ1) is 25.8. The number of cyclic esters (lactones) is 1. The van der Waals surface area contributed by atoms with Crippen LogP contribution in [0.1, 0.15) is 77.6 Å². The van der Waals surface area contributed by atoms with Gasteiger partial charge in [-0.2, -0.15) is 0 Å². The van der Waals surface area contributed by atoms with Crippen LogP contribution in [0.2, 0.25) is 0 Å². The van der Waals surface area contributed by atoms with Crippen molar-refractivity contribution >= 4 is 51.9 Å². The summed E-state index contributed by atoms with van der Waals surface area (Å²) in [6.45, 7) is 20.5. The zero-order chi connectivity index (χ0) is 38.9. The predicted octanol–water partition coefficient (Wildman–Crippen LogP) is 6.39. The molecule has 2 N–H and O–H groups in total. The van der Waals surface area contributed by atoms with Crippen LogP contribution in [-0.4, -0.2) is 94.6 Å². The Labute approximate surface area is 322 Å². The van der Waals surface area contributed by atoms with Crippen LogP contribution in [-0.2, 0) is 38.4 Å². The molecule has 12 nitrogen and oxygen atoms in total. The minimum absolute atomic E-state index is 0.0811. The summed E-state index contributed by atoms with van der Waals surface area (Å²) in [5.41, 5.74) is 9.22. The van der Waals surface area contributed by atoms with E-state index in [4.69, 9.17) is 19.5 Å². The average Bonchev–Trinajstić information content (AvgIpc) is 3.76. The Bertz CT molecular complexity index is 1980. The number of likely N-dealkylation sites (tertiary alicyclic amines) is 1. The van der Waals surface area contributed by atoms with Crippen molar-refractivity contribution in [2.24, 2.45) is 16.3 Å². The number of hydrogen-bond acceptors (Lipinski definition) is 9.